The fourth-order valence-electron chi connectivity index (χ4n) is 2.14. The monoisotopic (exact) mass is 274 g/mol. The topological polar surface area (TPSA) is 38.5 Å². The number of nitrogens with two attached hydrogens (primary N) is 1. The molecular formula is C13H20ClFN2O. The lowest BCUT2D eigenvalue weighted by atomic mass is 10.1. The second-order valence-electron chi connectivity index (χ2n) is 4.53. The highest BCUT2D eigenvalue weighted by atomic mass is 35.5. The van der Waals surface area contributed by atoms with E-state index >= 15 is 0 Å². The average Bonchev–Trinajstić information content (AvgIpc) is 2.33. The molecule has 1 heterocycles. The summed E-state index contributed by atoms with van der Waals surface area (Å²) in [6.45, 7) is 5.83. The second kappa shape index (κ2) is 7.04. The minimum atomic E-state index is -0.173. The van der Waals surface area contributed by atoms with Crippen LogP contribution in [0.15, 0.2) is 18.2 Å². The summed E-state index contributed by atoms with van der Waals surface area (Å²) in [5, 5.41) is 0. The van der Waals surface area contributed by atoms with Crippen molar-refractivity contribution < 1.29 is 9.13 Å². The molecule has 1 aromatic carbocycles. The van der Waals surface area contributed by atoms with Gasteiger partial charge in [-0.25, -0.2) is 4.39 Å². The number of hydrogen-bond acceptors (Lipinski definition) is 3. The SMILES string of the molecule is Cc1cc(F)ccc1CN1CCOC(CN)C1.Cl. The van der Waals surface area contributed by atoms with Crippen LogP contribution in [-0.4, -0.2) is 37.2 Å². The quantitative estimate of drug-likeness (QED) is 0.912. The molecule has 3 nitrogen and oxygen atoms in total. The van der Waals surface area contributed by atoms with Crippen molar-refractivity contribution in [2.45, 2.75) is 19.6 Å². The lowest BCUT2D eigenvalue weighted by molar-refractivity contribution is -0.0261. The zero-order chi connectivity index (χ0) is 12.3. The van der Waals surface area contributed by atoms with E-state index in [0.717, 1.165) is 31.8 Å². The number of rotatable bonds is 3. The molecule has 1 fully saturated rings. The first kappa shape index (κ1) is 15.4. The van der Waals surface area contributed by atoms with Crippen molar-refractivity contribution in [3.05, 3.63) is 35.1 Å². The molecule has 1 aliphatic heterocycles. The number of nitrogens with zero attached hydrogens (tertiary/aromatic N) is 1. The van der Waals surface area contributed by atoms with Crippen LogP contribution in [0.2, 0.25) is 0 Å². The minimum absolute atomic E-state index is 0. The lowest BCUT2D eigenvalue weighted by Crippen LogP contribution is -2.45. The van der Waals surface area contributed by atoms with Gasteiger partial charge in [0.05, 0.1) is 12.7 Å². The summed E-state index contributed by atoms with van der Waals surface area (Å²) < 4.78 is 18.5. The highest BCUT2D eigenvalue weighted by Gasteiger charge is 2.19. The first-order valence-electron chi connectivity index (χ1n) is 5.98. The fourth-order valence-corrected chi connectivity index (χ4v) is 2.14. The summed E-state index contributed by atoms with van der Waals surface area (Å²) in [6, 6.07) is 4.96. The molecule has 102 valence electrons. The van der Waals surface area contributed by atoms with E-state index in [9.17, 15) is 4.39 Å². The summed E-state index contributed by atoms with van der Waals surface area (Å²) in [7, 11) is 0. The molecule has 0 amide bonds. The Morgan fingerprint density at radius 1 is 1.50 bits per heavy atom. The molecule has 1 aliphatic rings. The number of halogens is 2. The van der Waals surface area contributed by atoms with Crippen LogP contribution in [0.5, 0.6) is 0 Å². The lowest BCUT2D eigenvalue weighted by Gasteiger charge is -2.32. The van der Waals surface area contributed by atoms with Gasteiger partial charge >= 0.3 is 0 Å². The van der Waals surface area contributed by atoms with Gasteiger partial charge in [-0.1, -0.05) is 6.07 Å². The molecule has 0 aromatic heterocycles. The zero-order valence-electron chi connectivity index (χ0n) is 10.6. The van der Waals surface area contributed by atoms with Gasteiger partial charge in [0, 0.05) is 26.2 Å². The van der Waals surface area contributed by atoms with E-state index < -0.39 is 0 Å². The van der Waals surface area contributed by atoms with Gasteiger partial charge in [0.2, 0.25) is 0 Å². The molecule has 0 bridgehead atoms. The summed E-state index contributed by atoms with van der Waals surface area (Å²) >= 11 is 0. The zero-order valence-corrected chi connectivity index (χ0v) is 11.4. The van der Waals surface area contributed by atoms with Crippen LogP contribution in [0.3, 0.4) is 0 Å². The predicted molar refractivity (Wildman–Crippen MR) is 72.5 cm³/mol. The van der Waals surface area contributed by atoms with Gasteiger partial charge in [-0.3, -0.25) is 4.90 Å². The third-order valence-corrected chi connectivity index (χ3v) is 3.18. The fraction of sp³-hybridized carbons (Fsp3) is 0.538. The Labute approximate surface area is 114 Å². The highest BCUT2D eigenvalue weighted by molar-refractivity contribution is 5.85. The van der Waals surface area contributed by atoms with Crippen LogP contribution in [0, 0.1) is 12.7 Å². The molecule has 5 heteroatoms. The van der Waals surface area contributed by atoms with Crippen LogP contribution < -0.4 is 5.73 Å². The van der Waals surface area contributed by atoms with Gasteiger partial charge in [0.15, 0.2) is 0 Å². The van der Waals surface area contributed by atoms with E-state index in [-0.39, 0.29) is 24.3 Å². The Morgan fingerprint density at radius 3 is 2.94 bits per heavy atom. The molecule has 1 saturated heterocycles. The number of hydrogen-bond donors (Lipinski definition) is 1. The average molecular weight is 275 g/mol. The van der Waals surface area contributed by atoms with E-state index in [0.29, 0.717) is 6.54 Å². The first-order valence-corrected chi connectivity index (χ1v) is 5.98. The van der Waals surface area contributed by atoms with Crippen LogP contribution in [-0.2, 0) is 11.3 Å². The second-order valence-corrected chi connectivity index (χ2v) is 4.53. The number of morpholine rings is 1. The summed E-state index contributed by atoms with van der Waals surface area (Å²) in [4.78, 5) is 2.31. The molecule has 18 heavy (non-hydrogen) atoms. The normalized spacial score (nSPS) is 20.5. The molecule has 1 atom stereocenters. The smallest absolute Gasteiger partial charge is 0.123 e. The maximum Gasteiger partial charge on any atom is 0.123 e. The third kappa shape index (κ3) is 3.92. The Morgan fingerprint density at radius 2 is 2.28 bits per heavy atom. The molecule has 1 aromatic rings. The summed E-state index contributed by atoms with van der Waals surface area (Å²) in [6.07, 6.45) is 0.129. The largest absolute Gasteiger partial charge is 0.374 e. The van der Waals surface area contributed by atoms with Gasteiger partial charge in [0.1, 0.15) is 5.82 Å². The Hall–Kier alpha value is -0.680. The predicted octanol–water partition coefficient (Wildman–Crippen LogP) is 1.72. The van der Waals surface area contributed by atoms with Gasteiger partial charge in [-0.2, -0.15) is 0 Å². The number of aryl methyl sites for hydroxylation is 1. The number of ether oxygens (including phenoxy) is 1. The van der Waals surface area contributed by atoms with E-state index in [1.165, 1.54) is 11.6 Å². The van der Waals surface area contributed by atoms with Gasteiger partial charge in [0.25, 0.3) is 0 Å². The third-order valence-electron chi connectivity index (χ3n) is 3.18. The van der Waals surface area contributed by atoms with Crippen LogP contribution in [0.25, 0.3) is 0 Å². The number of benzene rings is 1. The summed E-state index contributed by atoms with van der Waals surface area (Å²) in [5.41, 5.74) is 7.78. The molecule has 0 radical (unpaired) electrons. The van der Waals surface area contributed by atoms with Crippen molar-refractivity contribution in [1.29, 1.82) is 0 Å². The van der Waals surface area contributed by atoms with Crippen molar-refractivity contribution in [2.75, 3.05) is 26.2 Å². The molecule has 0 aliphatic carbocycles. The Balaban J connectivity index is 0.00000162. The van der Waals surface area contributed by atoms with Crippen LogP contribution >= 0.6 is 12.4 Å². The highest BCUT2D eigenvalue weighted by Crippen LogP contribution is 2.14. The van der Waals surface area contributed by atoms with E-state index in [4.69, 9.17) is 10.5 Å². The van der Waals surface area contributed by atoms with E-state index in [2.05, 4.69) is 4.90 Å². The van der Waals surface area contributed by atoms with Crippen molar-refractivity contribution >= 4 is 12.4 Å². The molecule has 1 unspecified atom stereocenters. The Bertz CT molecular complexity index is 389. The van der Waals surface area contributed by atoms with Crippen molar-refractivity contribution in [3.8, 4) is 0 Å². The first-order chi connectivity index (χ1) is 8.19. The van der Waals surface area contributed by atoms with Crippen molar-refractivity contribution in [2.24, 2.45) is 5.73 Å². The van der Waals surface area contributed by atoms with E-state index in [1.807, 2.05) is 13.0 Å². The van der Waals surface area contributed by atoms with Gasteiger partial charge in [-0.15, -0.1) is 12.4 Å². The molecular weight excluding hydrogens is 255 g/mol. The maximum absolute atomic E-state index is 13.0. The maximum atomic E-state index is 13.0. The van der Waals surface area contributed by atoms with Crippen LogP contribution in [0.4, 0.5) is 4.39 Å². The summed E-state index contributed by atoms with van der Waals surface area (Å²) in [5.74, 6) is -0.173. The Kier molecular flexibility index (Phi) is 6.02. The minimum Gasteiger partial charge on any atom is -0.374 e. The van der Waals surface area contributed by atoms with Crippen LogP contribution in [0.1, 0.15) is 11.1 Å². The van der Waals surface area contributed by atoms with Crippen molar-refractivity contribution in [3.63, 3.8) is 0 Å². The molecule has 2 rings (SSSR count). The van der Waals surface area contributed by atoms with Crippen molar-refractivity contribution in [1.82, 2.24) is 4.90 Å². The van der Waals surface area contributed by atoms with Gasteiger partial charge < -0.3 is 10.5 Å². The van der Waals surface area contributed by atoms with Gasteiger partial charge in [-0.05, 0) is 30.2 Å². The molecule has 0 spiro atoms. The van der Waals surface area contributed by atoms with E-state index in [1.54, 1.807) is 6.07 Å². The molecule has 2 N–H and O–H groups in total. The standard InChI is InChI=1S/C13H19FN2O.ClH/c1-10-6-12(14)3-2-11(10)8-16-4-5-17-13(7-15)9-16;/h2-3,6,13H,4-5,7-9,15H2,1H3;1H. The molecule has 0 saturated carbocycles.